The van der Waals surface area contributed by atoms with E-state index in [1.807, 2.05) is 42.5 Å². The van der Waals surface area contributed by atoms with Crippen LogP contribution in [0.15, 0.2) is 54.6 Å². The highest BCUT2D eigenvalue weighted by atomic mass is 16.5. The first kappa shape index (κ1) is 12.4. The Labute approximate surface area is 107 Å². The van der Waals surface area contributed by atoms with Crippen molar-refractivity contribution in [2.24, 2.45) is 0 Å². The van der Waals surface area contributed by atoms with Gasteiger partial charge in [0.15, 0.2) is 0 Å². The highest BCUT2D eigenvalue weighted by Gasteiger charge is 2.12. The first-order valence-corrected chi connectivity index (χ1v) is 6.16. The summed E-state index contributed by atoms with van der Waals surface area (Å²) >= 11 is 0. The maximum atomic E-state index is 12.1. The fourth-order valence-corrected chi connectivity index (χ4v) is 1.86. The van der Waals surface area contributed by atoms with Gasteiger partial charge in [-0.05, 0) is 30.2 Å². The Balaban J connectivity index is 2.19. The van der Waals surface area contributed by atoms with Crippen LogP contribution in [0.1, 0.15) is 29.3 Å². The van der Waals surface area contributed by atoms with Crippen LogP contribution in [0, 0.1) is 0 Å². The lowest BCUT2D eigenvalue weighted by Gasteiger charge is -2.08. The highest BCUT2D eigenvalue weighted by Crippen LogP contribution is 2.15. The molecule has 0 aliphatic carbocycles. The Kier molecular flexibility index (Phi) is 4.13. The fourth-order valence-electron chi connectivity index (χ4n) is 1.86. The minimum Gasteiger partial charge on any atom is -0.423 e. The quantitative estimate of drug-likeness (QED) is 0.599. The Hall–Kier alpha value is -2.09. The first-order valence-electron chi connectivity index (χ1n) is 6.16. The lowest BCUT2D eigenvalue weighted by atomic mass is 10.0. The third-order valence-corrected chi connectivity index (χ3v) is 2.71. The van der Waals surface area contributed by atoms with Crippen LogP contribution in [0.4, 0.5) is 0 Å². The maximum Gasteiger partial charge on any atom is 0.343 e. The molecule has 2 aromatic carbocycles. The van der Waals surface area contributed by atoms with E-state index < -0.39 is 0 Å². The summed E-state index contributed by atoms with van der Waals surface area (Å²) in [6, 6.07) is 16.7. The van der Waals surface area contributed by atoms with Crippen LogP contribution in [-0.4, -0.2) is 5.97 Å². The summed E-state index contributed by atoms with van der Waals surface area (Å²) in [6.45, 7) is 2.10. The van der Waals surface area contributed by atoms with Crippen LogP contribution < -0.4 is 4.74 Å². The number of carbonyl (C=O) groups is 1. The zero-order chi connectivity index (χ0) is 12.8. The van der Waals surface area contributed by atoms with Crippen molar-refractivity contribution < 1.29 is 9.53 Å². The second-order valence-electron chi connectivity index (χ2n) is 4.11. The van der Waals surface area contributed by atoms with Gasteiger partial charge in [0, 0.05) is 0 Å². The molecule has 2 heteroatoms. The van der Waals surface area contributed by atoms with Crippen LogP contribution in [0.25, 0.3) is 0 Å². The van der Waals surface area contributed by atoms with Crippen molar-refractivity contribution in [3.63, 3.8) is 0 Å². The number of rotatable bonds is 4. The van der Waals surface area contributed by atoms with Gasteiger partial charge in [0.1, 0.15) is 5.75 Å². The van der Waals surface area contributed by atoms with E-state index in [2.05, 4.69) is 6.92 Å². The smallest absolute Gasteiger partial charge is 0.343 e. The van der Waals surface area contributed by atoms with Crippen molar-refractivity contribution in [1.82, 2.24) is 0 Å². The van der Waals surface area contributed by atoms with E-state index in [0.717, 1.165) is 18.4 Å². The van der Waals surface area contributed by atoms with E-state index >= 15 is 0 Å². The topological polar surface area (TPSA) is 26.3 Å². The van der Waals surface area contributed by atoms with Crippen molar-refractivity contribution in [2.45, 2.75) is 19.8 Å². The predicted octanol–water partition coefficient (Wildman–Crippen LogP) is 3.86. The van der Waals surface area contributed by atoms with Gasteiger partial charge in [0.2, 0.25) is 0 Å². The minimum absolute atomic E-state index is 0.287. The summed E-state index contributed by atoms with van der Waals surface area (Å²) in [4.78, 5) is 12.1. The Bertz CT molecular complexity index is 518. The summed E-state index contributed by atoms with van der Waals surface area (Å²) in [5.41, 5.74) is 1.70. The SMILES string of the molecule is CCCc1ccccc1C(=O)Oc1ccccc1. The van der Waals surface area contributed by atoms with Crippen molar-refractivity contribution in [1.29, 1.82) is 0 Å². The minimum atomic E-state index is -0.287. The number of benzene rings is 2. The second-order valence-corrected chi connectivity index (χ2v) is 4.11. The third-order valence-electron chi connectivity index (χ3n) is 2.71. The van der Waals surface area contributed by atoms with Crippen molar-refractivity contribution in [3.05, 3.63) is 65.7 Å². The third kappa shape index (κ3) is 2.98. The lowest BCUT2D eigenvalue weighted by molar-refractivity contribution is 0.0733. The number of carbonyl (C=O) groups excluding carboxylic acids is 1. The van der Waals surface area contributed by atoms with Gasteiger partial charge in [-0.15, -0.1) is 0 Å². The zero-order valence-corrected chi connectivity index (χ0v) is 10.4. The molecule has 0 amide bonds. The van der Waals surface area contributed by atoms with E-state index in [9.17, 15) is 4.79 Å². The molecule has 92 valence electrons. The van der Waals surface area contributed by atoms with E-state index in [1.54, 1.807) is 12.1 Å². The molecule has 0 aromatic heterocycles. The number of esters is 1. The van der Waals surface area contributed by atoms with Crippen LogP contribution in [0.5, 0.6) is 5.75 Å². The standard InChI is InChI=1S/C16H16O2/c1-2-8-13-9-6-7-12-15(13)16(17)18-14-10-4-3-5-11-14/h3-7,9-12H,2,8H2,1H3. The summed E-state index contributed by atoms with van der Waals surface area (Å²) in [7, 11) is 0. The van der Waals surface area contributed by atoms with E-state index in [1.165, 1.54) is 0 Å². The van der Waals surface area contributed by atoms with Crippen molar-refractivity contribution >= 4 is 5.97 Å². The number of para-hydroxylation sites is 1. The van der Waals surface area contributed by atoms with E-state index in [-0.39, 0.29) is 5.97 Å². The van der Waals surface area contributed by atoms with Gasteiger partial charge in [-0.1, -0.05) is 49.7 Å². The zero-order valence-electron chi connectivity index (χ0n) is 10.4. The molecule has 0 bridgehead atoms. The first-order chi connectivity index (χ1) is 8.81. The van der Waals surface area contributed by atoms with Crippen LogP contribution in [-0.2, 0) is 6.42 Å². The molecule has 0 saturated heterocycles. The highest BCUT2D eigenvalue weighted by molar-refractivity contribution is 5.92. The van der Waals surface area contributed by atoms with Gasteiger partial charge in [0.25, 0.3) is 0 Å². The summed E-state index contributed by atoms with van der Waals surface area (Å²) in [6.07, 6.45) is 1.90. The van der Waals surface area contributed by atoms with E-state index in [0.29, 0.717) is 11.3 Å². The van der Waals surface area contributed by atoms with Gasteiger partial charge >= 0.3 is 5.97 Å². The number of hydrogen-bond donors (Lipinski definition) is 0. The lowest BCUT2D eigenvalue weighted by Crippen LogP contribution is -2.11. The van der Waals surface area contributed by atoms with Gasteiger partial charge in [-0.25, -0.2) is 4.79 Å². The maximum absolute atomic E-state index is 12.1. The van der Waals surface area contributed by atoms with Gasteiger partial charge < -0.3 is 4.74 Å². The Morgan fingerprint density at radius 1 is 1.00 bits per heavy atom. The molecule has 2 rings (SSSR count). The Morgan fingerprint density at radius 2 is 1.67 bits per heavy atom. The molecule has 0 unspecified atom stereocenters. The largest absolute Gasteiger partial charge is 0.423 e. The number of hydrogen-bond acceptors (Lipinski definition) is 2. The molecule has 0 aliphatic rings. The molecule has 0 atom stereocenters. The van der Waals surface area contributed by atoms with Gasteiger partial charge in [-0.2, -0.15) is 0 Å². The fraction of sp³-hybridized carbons (Fsp3) is 0.188. The second kappa shape index (κ2) is 6.01. The number of aryl methyl sites for hydroxylation is 1. The molecule has 0 spiro atoms. The molecule has 0 fully saturated rings. The summed E-state index contributed by atoms with van der Waals surface area (Å²) < 4.78 is 5.35. The molecule has 2 nitrogen and oxygen atoms in total. The summed E-state index contributed by atoms with van der Waals surface area (Å²) in [5.74, 6) is 0.291. The molecule has 0 N–H and O–H groups in total. The van der Waals surface area contributed by atoms with Gasteiger partial charge in [-0.3, -0.25) is 0 Å². The molecule has 2 aromatic rings. The molecular weight excluding hydrogens is 224 g/mol. The molecule has 0 heterocycles. The van der Waals surface area contributed by atoms with Crippen LogP contribution in [0.3, 0.4) is 0 Å². The average molecular weight is 240 g/mol. The normalized spacial score (nSPS) is 10.1. The average Bonchev–Trinajstić information content (AvgIpc) is 2.41. The molecule has 0 saturated carbocycles. The number of ether oxygens (including phenoxy) is 1. The van der Waals surface area contributed by atoms with Crippen molar-refractivity contribution in [3.8, 4) is 5.75 Å². The van der Waals surface area contributed by atoms with Crippen LogP contribution >= 0.6 is 0 Å². The molecule has 18 heavy (non-hydrogen) atoms. The molecule has 0 radical (unpaired) electrons. The van der Waals surface area contributed by atoms with E-state index in [4.69, 9.17) is 4.74 Å². The van der Waals surface area contributed by atoms with Crippen LogP contribution in [0.2, 0.25) is 0 Å². The van der Waals surface area contributed by atoms with Crippen molar-refractivity contribution in [2.75, 3.05) is 0 Å². The Morgan fingerprint density at radius 3 is 2.39 bits per heavy atom. The summed E-state index contributed by atoms with van der Waals surface area (Å²) in [5, 5.41) is 0. The monoisotopic (exact) mass is 240 g/mol. The van der Waals surface area contributed by atoms with Gasteiger partial charge in [0.05, 0.1) is 5.56 Å². The molecule has 0 aliphatic heterocycles. The molecular formula is C16H16O2. The predicted molar refractivity (Wildman–Crippen MR) is 71.8 cm³/mol.